The number of aromatic nitrogens is 1. The quantitative estimate of drug-likeness (QED) is 0.794. The van der Waals surface area contributed by atoms with Crippen molar-refractivity contribution in [1.82, 2.24) is 4.98 Å². The molecule has 0 unspecified atom stereocenters. The number of hydrogen-bond acceptors (Lipinski definition) is 4. The zero-order chi connectivity index (χ0) is 18.6. The van der Waals surface area contributed by atoms with Crippen LogP contribution < -0.4 is 5.32 Å². The molecule has 5 nitrogen and oxygen atoms in total. The van der Waals surface area contributed by atoms with Crippen LogP contribution in [0.1, 0.15) is 22.3 Å². The Morgan fingerprint density at radius 3 is 2.56 bits per heavy atom. The molecule has 25 heavy (non-hydrogen) atoms. The Hall–Kier alpha value is -2.11. The Morgan fingerprint density at radius 2 is 1.88 bits per heavy atom. The van der Waals surface area contributed by atoms with Gasteiger partial charge in [0.15, 0.2) is 12.4 Å². The molecular formula is C18H18Cl2N2O3. The molecule has 0 aliphatic heterocycles. The number of benzene rings is 1. The second-order valence-electron chi connectivity index (χ2n) is 5.70. The van der Waals surface area contributed by atoms with Gasteiger partial charge in [-0.3, -0.25) is 9.59 Å². The van der Waals surface area contributed by atoms with Crippen molar-refractivity contribution in [3.63, 3.8) is 0 Å². The van der Waals surface area contributed by atoms with E-state index < -0.39 is 18.5 Å². The summed E-state index contributed by atoms with van der Waals surface area (Å²) in [5, 5.41) is 3.15. The Labute approximate surface area is 156 Å². The summed E-state index contributed by atoms with van der Waals surface area (Å²) in [4.78, 5) is 27.7. The van der Waals surface area contributed by atoms with E-state index in [1.54, 1.807) is 6.92 Å². The molecule has 0 saturated heterocycles. The predicted octanol–water partition coefficient (Wildman–Crippen LogP) is 4.04. The standard InChI is InChI=1S/C18H18Cl2N2O3/c1-10-4-5-13(6-11(10)2)7-16(24)25-9-15(23)22-18-17(20)12(3)14(19)8-21-18/h4-6,8H,7,9H2,1-3H3,(H,21,22,23). The molecule has 1 aromatic carbocycles. The van der Waals surface area contributed by atoms with Gasteiger partial charge in [0.2, 0.25) is 0 Å². The first-order chi connectivity index (χ1) is 11.8. The summed E-state index contributed by atoms with van der Waals surface area (Å²) < 4.78 is 5.00. The normalized spacial score (nSPS) is 10.4. The second kappa shape index (κ2) is 8.32. The van der Waals surface area contributed by atoms with Gasteiger partial charge >= 0.3 is 5.97 Å². The lowest BCUT2D eigenvalue weighted by atomic mass is 10.0. The van der Waals surface area contributed by atoms with Crippen molar-refractivity contribution >= 4 is 40.9 Å². The molecule has 0 saturated carbocycles. The van der Waals surface area contributed by atoms with Gasteiger partial charge in [-0.2, -0.15) is 0 Å². The van der Waals surface area contributed by atoms with Crippen molar-refractivity contribution in [1.29, 1.82) is 0 Å². The lowest BCUT2D eigenvalue weighted by molar-refractivity contribution is -0.146. The Bertz CT molecular complexity index is 822. The first kappa shape index (κ1) is 19.2. The van der Waals surface area contributed by atoms with Gasteiger partial charge in [0.05, 0.1) is 16.5 Å². The number of hydrogen-bond donors (Lipinski definition) is 1. The lowest BCUT2D eigenvalue weighted by Gasteiger charge is -2.10. The van der Waals surface area contributed by atoms with Crippen LogP contribution >= 0.6 is 23.2 Å². The van der Waals surface area contributed by atoms with Gasteiger partial charge in [0, 0.05) is 6.20 Å². The summed E-state index contributed by atoms with van der Waals surface area (Å²) in [6.45, 7) is 5.27. The highest BCUT2D eigenvalue weighted by Gasteiger charge is 2.13. The van der Waals surface area contributed by atoms with Crippen LogP contribution in [0.3, 0.4) is 0 Å². The molecule has 2 aromatic rings. The Kier molecular flexibility index (Phi) is 6.39. The highest BCUT2D eigenvalue weighted by Crippen LogP contribution is 2.28. The van der Waals surface area contributed by atoms with E-state index in [-0.39, 0.29) is 17.3 Å². The van der Waals surface area contributed by atoms with Crippen LogP contribution in [0.2, 0.25) is 10.0 Å². The van der Waals surface area contributed by atoms with Crippen LogP contribution in [0, 0.1) is 20.8 Å². The maximum Gasteiger partial charge on any atom is 0.310 e. The summed E-state index contributed by atoms with van der Waals surface area (Å²) >= 11 is 12.0. The smallest absolute Gasteiger partial charge is 0.310 e. The number of nitrogens with one attached hydrogen (secondary N) is 1. The van der Waals surface area contributed by atoms with Gasteiger partial charge in [0.1, 0.15) is 0 Å². The highest BCUT2D eigenvalue weighted by molar-refractivity contribution is 6.37. The molecule has 2 rings (SSSR count). The maximum absolute atomic E-state index is 11.9. The number of carbonyl (C=O) groups is 2. The SMILES string of the molecule is Cc1ccc(CC(=O)OCC(=O)Nc2ncc(Cl)c(C)c2Cl)cc1C. The van der Waals surface area contributed by atoms with Crippen LogP contribution in [0.15, 0.2) is 24.4 Å². The van der Waals surface area contributed by atoms with Gasteiger partial charge in [-0.15, -0.1) is 0 Å². The number of amides is 1. The van der Waals surface area contributed by atoms with E-state index in [2.05, 4.69) is 10.3 Å². The minimum absolute atomic E-state index is 0.105. The van der Waals surface area contributed by atoms with Crippen molar-refractivity contribution in [3.05, 3.63) is 56.7 Å². The minimum atomic E-state index is -0.524. The monoisotopic (exact) mass is 380 g/mol. The Morgan fingerprint density at radius 1 is 1.16 bits per heavy atom. The average Bonchev–Trinajstić information content (AvgIpc) is 2.57. The summed E-state index contributed by atoms with van der Waals surface area (Å²) in [5.74, 6) is -0.826. The molecule has 1 heterocycles. The van der Waals surface area contributed by atoms with Crippen molar-refractivity contribution in [2.45, 2.75) is 27.2 Å². The number of ether oxygens (including phenoxy) is 1. The molecule has 1 aromatic heterocycles. The molecule has 0 fully saturated rings. The van der Waals surface area contributed by atoms with Crippen LogP contribution in [-0.4, -0.2) is 23.5 Å². The summed E-state index contributed by atoms with van der Waals surface area (Å²) in [6, 6.07) is 5.74. The van der Waals surface area contributed by atoms with E-state index >= 15 is 0 Å². The third-order valence-electron chi connectivity index (χ3n) is 3.74. The molecule has 0 aliphatic rings. The van der Waals surface area contributed by atoms with Gasteiger partial charge < -0.3 is 10.1 Å². The molecule has 0 atom stereocenters. The molecule has 0 aliphatic carbocycles. The van der Waals surface area contributed by atoms with E-state index in [0.29, 0.717) is 10.6 Å². The van der Waals surface area contributed by atoms with E-state index in [4.69, 9.17) is 27.9 Å². The summed E-state index contributed by atoms with van der Waals surface area (Å²) in [5.41, 5.74) is 3.70. The van der Waals surface area contributed by atoms with Crippen LogP contribution in [0.25, 0.3) is 0 Å². The maximum atomic E-state index is 11.9. The average molecular weight is 381 g/mol. The van der Waals surface area contributed by atoms with Crippen molar-refractivity contribution in [2.75, 3.05) is 11.9 Å². The van der Waals surface area contributed by atoms with E-state index in [1.165, 1.54) is 6.20 Å². The number of pyridine rings is 1. The molecule has 7 heteroatoms. The second-order valence-corrected chi connectivity index (χ2v) is 6.48. The number of rotatable bonds is 5. The third kappa shape index (κ3) is 5.18. The van der Waals surface area contributed by atoms with E-state index in [1.807, 2.05) is 32.0 Å². The Balaban J connectivity index is 1.88. The third-order valence-corrected chi connectivity index (χ3v) is 4.59. The zero-order valence-corrected chi connectivity index (χ0v) is 15.7. The van der Waals surface area contributed by atoms with Crippen molar-refractivity contribution < 1.29 is 14.3 Å². The fraction of sp³-hybridized carbons (Fsp3) is 0.278. The molecule has 0 radical (unpaired) electrons. The van der Waals surface area contributed by atoms with Crippen molar-refractivity contribution in [3.8, 4) is 0 Å². The molecular weight excluding hydrogens is 363 g/mol. The first-order valence-electron chi connectivity index (χ1n) is 7.60. The summed E-state index contributed by atoms with van der Waals surface area (Å²) in [6.07, 6.45) is 1.50. The van der Waals surface area contributed by atoms with Crippen LogP contribution in [-0.2, 0) is 20.7 Å². The van der Waals surface area contributed by atoms with Gasteiger partial charge in [-0.1, -0.05) is 41.4 Å². The number of aryl methyl sites for hydroxylation is 2. The molecule has 0 bridgehead atoms. The zero-order valence-electron chi connectivity index (χ0n) is 14.2. The van der Waals surface area contributed by atoms with E-state index in [0.717, 1.165) is 16.7 Å². The van der Waals surface area contributed by atoms with Crippen LogP contribution in [0.5, 0.6) is 0 Å². The topological polar surface area (TPSA) is 68.3 Å². The number of esters is 1. The van der Waals surface area contributed by atoms with Crippen molar-refractivity contribution in [2.24, 2.45) is 0 Å². The number of carbonyl (C=O) groups excluding carboxylic acids is 2. The number of halogens is 2. The fourth-order valence-electron chi connectivity index (χ4n) is 2.09. The molecule has 132 valence electrons. The first-order valence-corrected chi connectivity index (χ1v) is 8.35. The number of anilines is 1. The molecule has 0 spiro atoms. The minimum Gasteiger partial charge on any atom is -0.455 e. The largest absolute Gasteiger partial charge is 0.455 e. The fourth-order valence-corrected chi connectivity index (χ4v) is 2.48. The summed E-state index contributed by atoms with van der Waals surface area (Å²) in [7, 11) is 0. The van der Waals surface area contributed by atoms with Gasteiger partial charge in [-0.05, 0) is 43.0 Å². The highest BCUT2D eigenvalue weighted by atomic mass is 35.5. The van der Waals surface area contributed by atoms with Gasteiger partial charge in [-0.25, -0.2) is 4.98 Å². The molecule has 1 amide bonds. The number of nitrogens with zero attached hydrogens (tertiary/aromatic N) is 1. The predicted molar refractivity (Wildman–Crippen MR) is 98.2 cm³/mol. The van der Waals surface area contributed by atoms with E-state index in [9.17, 15) is 9.59 Å². The van der Waals surface area contributed by atoms with Crippen LogP contribution in [0.4, 0.5) is 5.82 Å². The molecule has 1 N–H and O–H groups in total. The lowest BCUT2D eigenvalue weighted by Crippen LogP contribution is -2.22. The van der Waals surface area contributed by atoms with Gasteiger partial charge in [0.25, 0.3) is 5.91 Å².